The number of aromatic amines is 1. The smallest absolute Gasteiger partial charge is 0.328 e. The van der Waals surface area contributed by atoms with Crippen LogP contribution in [0, 0.1) is 18.3 Å². The maximum Gasteiger partial charge on any atom is 0.328 e. The fraction of sp³-hybridized carbons (Fsp3) is 0.154. The molecule has 6 nitrogen and oxygen atoms in total. The highest BCUT2D eigenvalue weighted by molar-refractivity contribution is 5.38. The highest BCUT2D eigenvalue weighted by Gasteiger charge is 2.05. The average Bonchev–Trinajstić information content (AvgIpc) is 2.38. The van der Waals surface area contributed by atoms with Crippen LogP contribution in [-0.2, 0) is 6.54 Å². The zero-order valence-electron chi connectivity index (χ0n) is 10.3. The fourth-order valence-electron chi connectivity index (χ4n) is 1.77. The summed E-state index contributed by atoms with van der Waals surface area (Å²) >= 11 is 0. The normalized spacial score (nSPS) is 10.1. The van der Waals surface area contributed by atoms with E-state index in [9.17, 15) is 9.59 Å². The van der Waals surface area contributed by atoms with Gasteiger partial charge in [-0.15, -0.1) is 0 Å². The molecule has 0 amide bonds. The average molecular weight is 256 g/mol. The van der Waals surface area contributed by atoms with Crippen LogP contribution in [0.1, 0.15) is 16.7 Å². The van der Waals surface area contributed by atoms with Crippen LogP contribution in [0.3, 0.4) is 0 Å². The van der Waals surface area contributed by atoms with Gasteiger partial charge in [-0.2, -0.15) is 5.26 Å². The molecule has 0 aliphatic carbocycles. The van der Waals surface area contributed by atoms with Crippen LogP contribution < -0.4 is 17.0 Å². The van der Waals surface area contributed by atoms with Crippen molar-refractivity contribution in [3.05, 3.63) is 61.9 Å². The van der Waals surface area contributed by atoms with Crippen molar-refractivity contribution in [1.82, 2.24) is 9.55 Å². The zero-order valence-corrected chi connectivity index (χ0v) is 10.3. The second-order valence-corrected chi connectivity index (χ2v) is 4.22. The molecule has 0 fully saturated rings. The first kappa shape index (κ1) is 12.6. The third kappa shape index (κ3) is 2.55. The van der Waals surface area contributed by atoms with Crippen molar-refractivity contribution in [1.29, 1.82) is 5.26 Å². The van der Waals surface area contributed by atoms with Gasteiger partial charge in [-0.25, -0.2) is 4.79 Å². The quantitative estimate of drug-likeness (QED) is 0.808. The summed E-state index contributed by atoms with van der Waals surface area (Å²) in [7, 11) is 0. The molecule has 0 radical (unpaired) electrons. The molecular formula is C13H12N4O2. The van der Waals surface area contributed by atoms with Gasteiger partial charge in [-0.3, -0.25) is 14.3 Å². The third-order valence-corrected chi connectivity index (χ3v) is 2.85. The molecule has 0 aliphatic rings. The van der Waals surface area contributed by atoms with Crippen molar-refractivity contribution in [3.8, 4) is 6.07 Å². The van der Waals surface area contributed by atoms with Crippen molar-refractivity contribution in [2.75, 3.05) is 5.73 Å². The number of anilines is 1. The Bertz CT molecular complexity index is 780. The van der Waals surface area contributed by atoms with Gasteiger partial charge in [0.15, 0.2) is 0 Å². The molecular weight excluding hydrogens is 244 g/mol. The lowest BCUT2D eigenvalue weighted by atomic mass is 10.1. The molecule has 1 heterocycles. The summed E-state index contributed by atoms with van der Waals surface area (Å²) in [5, 5.41) is 8.79. The summed E-state index contributed by atoms with van der Waals surface area (Å²) in [6.45, 7) is 2.15. The molecule has 19 heavy (non-hydrogen) atoms. The Morgan fingerprint density at radius 1 is 1.42 bits per heavy atom. The second kappa shape index (κ2) is 4.82. The number of nitriles is 1. The number of nitrogens with zero attached hydrogens (tertiary/aromatic N) is 2. The van der Waals surface area contributed by atoms with Gasteiger partial charge in [0, 0.05) is 6.20 Å². The van der Waals surface area contributed by atoms with E-state index in [1.807, 2.05) is 6.92 Å². The molecule has 0 unspecified atom stereocenters. The Labute approximate surface area is 108 Å². The van der Waals surface area contributed by atoms with Gasteiger partial charge in [0.2, 0.25) is 0 Å². The molecule has 0 saturated carbocycles. The number of nitrogens with two attached hydrogens (primary N) is 1. The maximum atomic E-state index is 11.6. The lowest BCUT2D eigenvalue weighted by molar-refractivity contribution is 0.720. The second-order valence-electron chi connectivity index (χ2n) is 4.22. The van der Waals surface area contributed by atoms with Gasteiger partial charge in [-0.1, -0.05) is 6.07 Å². The van der Waals surface area contributed by atoms with E-state index in [-0.39, 0.29) is 12.2 Å². The number of hydrogen-bond donors (Lipinski definition) is 2. The van der Waals surface area contributed by atoms with Gasteiger partial charge in [-0.05, 0) is 30.2 Å². The maximum absolute atomic E-state index is 11.6. The molecule has 96 valence electrons. The van der Waals surface area contributed by atoms with Crippen LogP contribution in [0.15, 0.2) is 34.0 Å². The van der Waals surface area contributed by atoms with Crippen LogP contribution in [0.5, 0.6) is 0 Å². The van der Waals surface area contributed by atoms with Crippen LogP contribution in [0.25, 0.3) is 0 Å². The number of nitrogens with one attached hydrogen (secondary N) is 1. The van der Waals surface area contributed by atoms with E-state index in [1.54, 1.807) is 18.2 Å². The number of H-pyrrole nitrogens is 1. The first-order valence-corrected chi connectivity index (χ1v) is 5.60. The summed E-state index contributed by atoms with van der Waals surface area (Å²) in [6.07, 6.45) is 1.32. The summed E-state index contributed by atoms with van der Waals surface area (Å²) in [6, 6.07) is 7.26. The van der Waals surface area contributed by atoms with Gasteiger partial charge in [0.1, 0.15) is 5.69 Å². The first-order chi connectivity index (χ1) is 9.01. The van der Waals surface area contributed by atoms with Gasteiger partial charge < -0.3 is 5.73 Å². The molecule has 1 aromatic heterocycles. The highest BCUT2D eigenvalue weighted by atomic mass is 16.2. The van der Waals surface area contributed by atoms with Gasteiger partial charge in [0.05, 0.1) is 18.2 Å². The van der Waals surface area contributed by atoms with E-state index >= 15 is 0 Å². The Kier molecular flexibility index (Phi) is 3.21. The van der Waals surface area contributed by atoms with Crippen molar-refractivity contribution < 1.29 is 0 Å². The molecule has 6 heteroatoms. The minimum absolute atomic E-state index is 0.00843. The van der Waals surface area contributed by atoms with Crippen molar-refractivity contribution >= 4 is 5.69 Å². The monoisotopic (exact) mass is 256 g/mol. The number of aryl methyl sites for hydroxylation is 1. The summed E-state index contributed by atoms with van der Waals surface area (Å²) in [5.74, 6) is 0. The number of rotatable bonds is 2. The van der Waals surface area contributed by atoms with Crippen LogP contribution >= 0.6 is 0 Å². The minimum atomic E-state index is -0.585. The first-order valence-electron chi connectivity index (χ1n) is 5.60. The summed E-state index contributed by atoms with van der Waals surface area (Å²) < 4.78 is 1.32. The van der Waals surface area contributed by atoms with Gasteiger partial charge >= 0.3 is 5.69 Å². The zero-order chi connectivity index (χ0) is 14.0. The SMILES string of the molecule is Cc1cc(C#N)ccc1Cn1cc(N)c(=O)[nH]c1=O. The number of nitrogen functional groups attached to an aromatic ring is 1. The number of aromatic nitrogens is 2. The van der Waals surface area contributed by atoms with Crippen LogP contribution in [-0.4, -0.2) is 9.55 Å². The fourth-order valence-corrected chi connectivity index (χ4v) is 1.77. The van der Waals surface area contributed by atoms with Crippen molar-refractivity contribution in [2.24, 2.45) is 0 Å². The highest BCUT2D eigenvalue weighted by Crippen LogP contribution is 2.11. The molecule has 0 spiro atoms. The van der Waals surface area contributed by atoms with E-state index in [1.165, 1.54) is 10.8 Å². The Hall–Kier alpha value is -2.81. The Balaban J connectivity index is 2.42. The van der Waals surface area contributed by atoms with E-state index in [4.69, 9.17) is 11.0 Å². The molecule has 2 rings (SSSR count). The van der Waals surface area contributed by atoms with E-state index < -0.39 is 11.2 Å². The molecule has 1 aromatic carbocycles. The summed E-state index contributed by atoms with van der Waals surface area (Å²) in [5.41, 5.74) is 6.72. The molecule has 0 bridgehead atoms. The molecule has 2 aromatic rings. The van der Waals surface area contributed by atoms with Crippen molar-refractivity contribution in [3.63, 3.8) is 0 Å². The lowest BCUT2D eigenvalue weighted by Gasteiger charge is -2.09. The van der Waals surface area contributed by atoms with Gasteiger partial charge in [0.25, 0.3) is 5.56 Å². The number of benzene rings is 1. The summed E-state index contributed by atoms with van der Waals surface area (Å²) in [4.78, 5) is 24.9. The van der Waals surface area contributed by atoms with Crippen molar-refractivity contribution in [2.45, 2.75) is 13.5 Å². The Morgan fingerprint density at radius 3 is 2.79 bits per heavy atom. The minimum Gasteiger partial charge on any atom is -0.393 e. The van der Waals surface area contributed by atoms with E-state index in [0.717, 1.165) is 11.1 Å². The molecule has 0 atom stereocenters. The molecule has 0 aliphatic heterocycles. The van der Waals surface area contributed by atoms with Crippen LogP contribution in [0.4, 0.5) is 5.69 Å². The third-order valence-electron chi connectivity index (χ3n) is 2.85. The lowest BCUT2D eigenvalue weighted by Crippen LogP contribution is -2.31. The predicted octanol–water partition coefficient (Wildman–Crippen LogP) is 0.347. The molecule has 3 N–H and O–H groups in total. The molecule has 0 saturated heterocycles. The standard InChI is InChI=1S/C13H12N4O2/c1-8-4-9(5-14)2-3-10(8)6-17-7-11(15)12(18)16-13(17)19/h2-4,7H,6,15H2,1H3,(H,16,18,19). The number of hydrogen-bond acceptors (Lipinski definition) is 4. The van der Waals surface area contributed by atoms with E-state index in [2.05, 4.69) is 11.1 Å². The topological polar surface area (TPSA) is 105 Å². The van der Waals surface area contributed by atoms with E-state index in [0.29, 0.717) is 5.56 Å². The van der Waals surface area contributed by atoms with Crippen LogP contribution in [0.2, 0.25) is 0 Å². The largest absolute Gasteiger partial charge is 0.393 e. The predicted molar refractivity (Wildman–Crippen MR) is 70.7 cm³/mol. The Morgan fingerprint density at radius 2 is 2.16 bits per heavy atom.